The number of benzene rings is 2. The number of carbonyl (C=O) groups excluding carboxylic acids is 1. The van der Waals surface area contributed by atoms with E-state index in [1.165, 1.54) is 11.8 Å². The van der Waals surface area contributed by atoms with Gasteiger partial charge in [0.1, 0.15) is 5.75 Å². The van der Waals surface area contributed by atoms with Crippen LogP contribution < -0.4 is 10.1 Å². The van der Waals surface area contributed by atoms with Gasteiger partial charge in [0.25, 0.3) is 0 Å². The Kier molecular flexibility index (Phi) is 4.88. The normalized spacial score (nSPS) is 19.0. The van der Waals surface area contributed by atoms with E-state index in [1.807, 2.05) is 36.4 Å². The first-order chi connectivity index (χ1) is 11.1. The lowest BCUT2D eigenvalue weighted by Gasteiger charge is -2.06. The number of aliphatic imine (C=N–C) groups is 1. The van der Waals surface area contributed by atoms with Crippen LogP contribution >= 0.6 is 23.4 Å². The highest BCUT2D eigenvalue weighted by Crippen LogP contribution is 2.26. The molecule has 1 fully saturated rings. The SMILES string of the molecule is COc1ccc(C[C@H]2SC(=Nc3ccc(Cl)cc3)NC2=O)cc1. The van der Waals surface area contributed by atoms with E-state index in [1.54, 1.807) is 19.2 Å². The van der Waals surface area contributed by atoms with E-state index in [-0.39, 0.29) is 11.2 Å². The van der Waals surface area contributed by atoms with Gasteiger partial charge in [-0.1, -0.05) is 35.5 Å². The minimum atomic E-state index is -0.172. The van der Waals surface area contributed by atoms with Crippen LogP contribution in [0.15, 0.2) is 53.5 Å². The quantitative estimate of drug-likeness (QED) is 0.915. The molecule has 2 aromatic carbocycles. The molecule has 2 aromatic rings. The predicted octanol–water partition coefficient (Wildman–Crippen LogP) is 3.81. The second kappa shape index (κ2) is 7.06. The number of nitrogens with one attached hydrogen (secondary N) is 1. The van der Waals surface area contributed by atoms with Crippen molar-refractivity contribution in [2.45, 2.75) is 11.7 Å². The summed E-state index contributed by atoms with van der Waals surface area (Å²) >= 11 is 7.30. The van der Waals surface area contributed by atoms with Gasteiger partial charge >= 0.3 is 0 Å². The van der Waals surface area contributed by atoms with Gasteiger partial charge in [-0.3, -0.25) is 4.79 Å². The molecule has 4 nitrogen and oxygen atoms in total. The van der Waals surface area contributed by atoms with Crippen LogP contribution in [0.25, 0.3) is 0 Å². The first kappa shape index (κ1) is 15.9. The number of hydrogen-bond acceptors (Lipinski definition) is 4. The van der Waals surface area contributed by atoms with Crippen LogP contribution in [0, 0.1) is 0 Å². The Hall–Kier alpha value is -1.98. The number of amidine groups is 1. The summed E-state index contributed by atoms with van der Waals surface area (Å²) < 4.78 is 5.14. The summed E-state index contributed by atoms with van der Waals surface area (Å²) in [5.74, 6) is 0.792. The van der Waals surface area contributed by atoms with E-state index in [2.05, 4.69) is 10.3 Å². The zero-order valence-corrected chi connectivity index (χ0v) is 14.0. The van der Waals surface area contributed by atoms with Crippen LogP contribution in [-0.2, 0) is 11.2 Å². The summed E-state index contributed by atoms with van der Waals surface area (Å²) in [4.78, 5) is 16.5. The summed E-state index contributed by atoms with van der Waals surface area (Å²) in [5.41, 5.74) is 1.86. The van der Waals surface area contributed by atoms with Crippen LogP contribution in [0.1, 0.15) is 5.56 Å². The second-order valence-corrected chi connectivity index (χ2v) is 6.67. The maximum absolute atomic E-state index is 12.1. The number of nitrogens with zero attached hydrogens (tertiary/aromatic N) is 1. The van der Waals surface area contributed by atoms with Crippen LogP contribution in [0.4, 0.5) is 5.69 Å². The van der Waals surface area contributed by atoms with Crippen molar-refractivity contribution in [2.75, 3.05) is 7.11 Å². The highest BCUT2D eigenvalue weighted by Gasteiger charge is 2.30. The number of methoxy groups -OCH3 is 1. The summed E-state index contributed by atoms with van der Waals surface area (Å²) in [6.45, 7) is 0. The topological polar surface area (TPSA) is 50.7 Å². The molecule has 1 saturated heterocycles. The lowest BCUT2D eigenvalue weighted by Crippen LogP contribution is -2.25. The zero-order chi connectivity index (χ0) is 16.2. The number of rotatable bonds is 4. The summed E-state index contributed by atoms with van der Waals surface area (Å²) in [6.07, 6.45) is 0.653. The zero-order valence-electron chi connectivity index (χ0n) is 12.5. The molecule has 1 N–H and O–H groups in total. The van der Waals surface area contributed by atoms with Crippen molar-refractivity contribution in [1.29, 1.82) is 0 Å². The molecule has 6 heteroatoms. The number of thioether (sulfide) groups is 1. The van der Waals surface area contributed by atoms with E-state index >= 15 is 0 Å². The Bertz CT molecular complexity index is 729. The number of carbonyl (C=O) groups is 1. The molecule has 0 radical (unpaired) electrons. The van der Waals surface area contributed by atoms with Gasteiger partial charge in [0.2, 0.25) is 5.91 Å². The van der Waals surface area contributed by atoms with Crippen LogP contribution in [0.3, 0.4) is 0 Å². The fourth-order valence-corrected chi connectivity index (χ4v) is 3.36. The van der Waals surface area contributed by atoms with Crippen LogP contribution in [-0.4, -0.2) is 23.4 Å². The van der Waals surface area contributed by atoms with Gasteiger partial charge in [0, 0.05) is 5.02 Å². The third-order valence-electron chi connectivity index (χ3n) is 3.41. The van der Waals surface area contributed by atoms with Crippen molar-refractivity contribution in [3.05, 3.63) is 59.1 Å². The minimum absolute atomic E-state index is 0.0152. The molecule has 1 amide bonds. The van der Waals surface area contributed by atoms with Crippen LogP contribution in [0.2, 0.25) is 5.02 Å². The molecule has 0 unspecified atom stereocenters. The minimum Gasteiger partial charge on any atom is -0.497 e. The molecular weight excluding hydrogens is 332 g/mol. The van der Waals surface area contributed by atoms with E-state index < -0.39 is 0 Å². The maximum atomic E-state index is 12.1. The lowest BCUT2D eigenvalue weighted by atomic mass is 10.1. The number of halogens is 1. The van der Waals surface area contributed by atoms with Gasteiger partial charge in [-0.05, 0) is 48.4 Å². The molecule has 23 heavy (non-hydrogen) atoms. The first-order valence-corrected chi connectivity index (χ1v) is 8.34. The fraction of sp³-hybridized carbons (Fsp3) is 0.176. The largest absolute Gasteiger partial charge is 0.497 e. The summed E-state index contributed by atoms with van der Waals surface area (Å²) in [7, 11) is 1.63. The fourth-order valence-electron chi connectivity index (χ4n) is 2.20. The van der Waals surface area contributed by atoms with Crippen molar-refractivity contribution >= 4 is 40.1 Å². The first-order valence-electron chi connectivity index (χ1n) is 7.09. The predicted molar refractivity (Wildman–Crippen MR) is 94.8 cm³/mol. The molecule has 118 valence electrons. The van der Waals surface area contributed by atoms with Crippen LogP contribution in [0.5, 0.6) is 5.75 Å². The van der Waals surface area contributed by atoms with Gasteiger partial charge < -0.3 is 10.1 Å². The van der Waals surface area contributed by atoms with E-state index in [0.29, 0.717) is 16.6 Å². The molecule has 0 spiro atoms. The molecule has 1 aliphatic rings. The van der Waals surface area contributed by atoms with Crippen molar-refractivity contribution in [3.63, 3.8) is 0 Å². The Morgan fingerprint density at radius 3 is 2.52 bits per heavy atom. The third-order valence-corrected chi connectivity index (χ3v) is 4.75. The standard InChI is InChI=1S/C17H15ClN2O2S/c1-22-14-8-2-11(3-9-14)10-15-16(21)20-17(23-15)19-13-6-4-12(18)5-7-13/h2-9,15H,10H2,1H3,(H,19,20,21)/t15-/m1/s1. The molecule has 3 rings (SSSR count). The van der Waals surface area contributed by atoms with Crippen molar-refractivity contribution in [2.24, 2.45) is 4.99 Å². The van der Waals surface area contributed by atoms with Crippen molar-refractivity contribution < 1.29 is 9.53 Å². The molecule has 0 saturated carbocycles. The van der Waals surface area contributed by atoms with Gasteiger partial charge in [-0.25, -0.2) is 4.99 Å². The lowest BCUT2D eigenvalue weighted by molar-refractivity contribution is -0.118. The Labute approximate surface area is 143 Å². The van der Waals surface area contributed by atoms with E-state index in [0.717, 1.165) is 17.0 Å². The van der Waals surface area contributed by atoms with E-state index in [4.69, 9.17) is 16.3 Å². The molecular formula is C17H15ClN2O2S. The molecule has 1 heterocycles. The Morgan fingerprint density at radius 1 is 1.17 bits per heavy atom. The molecule has 0 aromatic heterocycles. The Morgan fingerprint density at radius 2 is 1.87 bits per heavy atom. The summed E-state index contributed by atoms with van der Waals surface area (Å²) in [5, 5.41) is 3.94. The monoisotopic (exact) mass is 346 g/mol. The second-order valence-electron chi connectivity index (χ2n) is 5.04. The highest BCUT2D eigenvalue weighted by molar-refractivity contribution is 8.15. The molecule has 1 atom stereocenters. The number of amides is 1. The highest BCUT2D eigenvalue weighted by atomic mass is 35.5. The Balaban J connectivity index is 1.68. The summed E-state index contributed by atoms with van der Waals surface area (Å²) in [6, 6.07) is 14.9. The smallest absolute Gasteiger partial charge is 0.239 e. The van der Waals surface area contributed by atoms with Gasteiger partial charge in [-0.2, -0.15) is 0 Å². The number of ether oxygens (including phenoxy) is 1. The van der Waals surface area contributed by atoms with Gasteiger partial charge in [-0.15, -0.1) is 0 Å². The van der Waals surface area contributed by atoms with Gasteiger partial charge in [0.05, 0.1) is 18.0 Å². The maximum Gasteiger partial charge on any atom is 0.239 e. The average Bonchev–Trinajstić information content (AvgIpc) is 2.90. The molecule has 0 bridgehead atoms. The van der Waals surface area contributed by atoms with E-state index in [9.17, 15) is 4.79 Å². The molecule has 1 aliphatic heterocycles. The average molecular weight is 347 g/mol. The van der Waals surface area contributed by atoms with Gasteiger partial charge in [0.15, 0.2) is 5.17 Å². The van der Waals surface area contributed by atoms with Crippen molar-refractivity contribution in [1.82, 2.24) is 5.32 Å². The van der Waals surface area contributed by atoms with Crippen molar-refractivity contribution in [3.8, 4) is 5.75 Å². The number of hydrogen-bond donors (Lipinski definition) is 1. The third kappa shape index (κ3) is 4.06. The molecule has 0 aliphatic carbocycles.